The van der Waals surface area contributed by atoms with Crippen molar-refractivity contribution in [2.75, 3.05) is 0 Å². The minimum atomic E-state index is -1.21. The molecule has 0 aliphatic carbocycles. The van der Waals surface area contributed by atoms with E-state index < -0.39 is 5.97 Å². The first-order valence-corrected chi connectivity index (χ1v) is 5.22. The van der Waals surface area contributed by atoms with Gasteiger partial charge in [-0.2, -0.15) is 5.26 Å². The van der Waals surface area contributed by atoms with E-state index in [1.807, 2.05) is 13.8 Å². The monoisotopic (exact) mass is 226 g/mol. The van der Waals surface area contributed by atoms with Gasteiger partial charge in [0.05, 0.1) is 11.6 Å². The fourth-order valence-electron chi connectivity index (χ4n) is 0.694. The first-order valence-electron chi connectivity index (χ1n) is 5.22. The second kappa shape index (κ2) is 7.89. The van der Waals surface area contributed by atoms with E-state index in [0.717, 1.165) is 0 Å². The van der Waals surface area contributed by atoms with E-state index in [-0.39, 0.29) is 23.5 Å². The molecule has 16 heavy (non-hydrogen) atoms. The van der Waals surface area contributed by atoms with Crippen molar-refractivity contribution >= 4 is 5.97 Å². The summed E-state index contributed by atoms with van der Waals surface area (Å²) in [7, 11) is 0. The number of nitriles is 1. The Bertz CT molecular complexity index is 274. The Balaban J connectivity index is 0. The van der Waals surface area contributed by atoms with Crippen molar-refractivity contribution in [2.45, 2.75) is 46.6 Å². The molecule has 92 valence electrons. The molecule has 0 aromatic rings. The van der Waals surface area contributed by atoms with E-state index in [1.165, 1.54) is 0 Å². The summed E-state index contributed by atoms with van der Waals surface area (Å²) in [5, 5.41) is 18.5. The largest absolute Gasteiger partial charge is 0.550 e. The van der Waals surface area contributed by atoms with Gasteiger partial charge in [0.1, 0.15) is 0 Å². The van der Waals surface area contributed by atoms with Crippen LogP contribution in [-0.2, 0) is 4.79 Å². The van der Waals surface area contributed by atoms with Crippen molar-refractivity contribution in [3.8, 4) is 6.07 Å². The fraction of sp³-hybridized carbons (Fsp3) is 0.667. The molecule has 3 N–H and O–H groups in total. The van der Waals surface area contributed by atoms with Crippen molar-refractivity contribution in [1.82, 2.24) is 0 Å². The molecule has 0 heterocycles. The molecule has 0 atom stereocenters. The standard InChI is InChI=1S/C8H11NO2.C4H11N/c1-6(2)3-7(5-9)4-8(10)11;1-4(2,3)5/h3,6H,4H2,1-2H3,(H,10,11);5H2,1-3H3. The number of rotatable bonds is 3. The Morgan fingerprint density at radius 1 is 1.50 bits per heavy atom. The van der Waals surface area contributed by atoms with Gasteiger partial charge in [-0.25, -0.2) is 0 Å². The number of aliphatic carboxylic acids is 1. The number of hydrogen-bond acceptors (Lipinski definition) is 3. The van der Waals surface area contributed by atoms with Gasteiger partial charge in [0.25, 0.3) is 0 Å². The predicted octanol–water partition coefficient (Wildman–Crippen LogP) is 0.259. The normalized spacial score (nSPS) is 11.5. The molecule has 0 saturated carbocycles. The predicted molar refractivity (Wildman–Crippen MR) is 60.8 cm³/mol. The molecule has 0 aromatic heterocycles. The lowest BCUT2D eigenvalue weighted by atomic mass is 10.1. The minimum Gasteiger partial charge on any atom is -0.550 e. The highest BCUT2D eigenvalue weighted by Crippen LogP contribution is 2.04. The summed E-state index contributed by atoms with van der Waals surface area (Å²) in [4.78, 5) is 10.0. The van der Waals surface area contributed by atoms with Crippen LogP contribution in [0.3, 0.4) is 0 Å². The van der Waals surface area contributed by atoms with Crippen LogP contribution in [0, 0.1) is 17.2 Å². The number of carbonyl (C=O) groups is 1. The van der Waals surface area contributed by atoms with Crippen LogP contribution in [0.4, 0.5) is 0 Å². The van der Waals surface area contributed by atoms with E-state index in [0.29, 0.717) is 0 Å². The number of hydrogen-bond donors (Lipinski definition) is 1. The maximum absolute atomic E-state index is 10.0. The smallest absolute Gasteiger partial charge is 0.0947 e. The van der Waals surface area contributed by atoms with Crippen LogP contribution in [0.25, 0.3) is 0 Å². The van der Waals surface area contributed by atoms with Crippen LogP contribution in [-0.4, -0.2) is 11.5 Å². The van der Waals surface area contributed by atoms with Crippen molar-refractivity contribution < 1.29 is 15.6 Å². The molecule has 0 spiro atoms. The second-order valence-electron chi connectivity index (χ2n) is 5.16. The fourth-order valence-corrected chi connectivity index (χ4v) is 0.694. The number of allylic oxidation sites excluding steroid dienone is 1. The maximum Gasteiger partial charge on any atom is 0.0947 e. The van der Waals surface area contributed by atoms with Crippen LogP contribution in [0.1, 0.15) is 41.0 Å². The van der Waals surface area contributed by atoms with Gasteiger partial charge in [-0.05, 0) is 26.7 Å². The van der Waals surface area contributed by atoms with E-state index in [1.54, 1.807) is 12.1 Å². The van der Waals surface area contributed by atoms with E-state index in [2.05, 4.69) is 26.5 Å². The van der Waals surface area contributed by atoms with Gasteiger partial charge < -0.3 is 15.6 Å². The number of carbonyl (C=O) groups excluding carboxylic acids is 1. The molecule has 0 bridgehead atoms. The summed E-state index contributed by atoms with van der Waals surface area (Å²) in [5.74, 6) is -1.01. The van der Waals surface area contributed by atoms with E-state index >= 15 is 0 Å². The molecule has 0 saturated heterocycles. The van der Waals surface area contributed by atoms with Crippen LogP contribution >= 0.6 is 0 Å². The van der Waals surface area contributed by atoms with Crippen LogP contribution in [0.5, 0.6) is 0 Å². The molecule has 0 amide bonds. The van der Waals surface area contributed by atoms with Gasteiger partial charge in [0.2, 0.25) is 0 Å². The second-order valence-corrected chi connectivity index (χ2v) is 5.16. The molecule has 0 aliphatic heterocycles. The zero-order valence-corrected chi connectivity index (χ0v) is 10.8. The highest BCUT2D eigenvalue weighted by atomic mass is 16.4. The topological polar surface area (TPSA) is 91.6 Å². The molecule has 0 rings (SSSR count). The highest BCUT2D eigenvalue weighted by Gasteiger charge is 2.00. The molecule has 0 aliphatic rings. The molecule has 0 fully saturated rings. The quantitative estimate of drug-likeness (QED) is 0.700. The third-order valence-corrected chi connectivity index (χ3v) is 1.01. The average Bonchev–Trinajstić information content (AvgIpc) is 1.97. The summed E-state index contributed by atoms with van der Waals surface area (Å²) >= 11 is 0. The molecule has 0 radical (unpaired) electrons. The first-order chi connectivity index (χ1) is 7.06. The zero-order chi connectivity index (χ0) is 13.4. The SMILES string of the molecule is CC(C)(C)[NH3+].CC(C)C=C(C#N)CC(=O)[O-]. The van der Waals surface area contributed by atoms with Gasteiger partial charge in [-0.1, -0.05) is 19.9 Å². The highest BCUT2D eigenvalue weighted by molar-refractivity contribution is 5.69. The molecular weight excluding hydrogens is 204 g/mol. The van der Waals surface area contributed by atoms with Crippen LogP contribution < -0.4 is 10.8 Å². The summed E-state index contributed by atoms with van der Waals surface area (Å²) in [6.45, 7) is 9.99. The van der Waals surface area contributed by atoms with Crippen LogP contribution in [0.2, 0.25) is 0 Å². The Hall–Kier alpha value is -1.34. The minimum absolute atomic E-state index is 0.198. The Labute approximate surface area is 97.8 Å². The Morgan fingerprint density at radius 3 is 2.06 bits per heavy atom. The number of quaternary nitrogens is 1. The Kier molecular flexibility index (Phi) is 8.41. The first kappa shape index (κ1) is 17.1. The summed E-state index contributed by atoms with van der Waals surface area (Å²) in [6.07, 6.45) is 1.34. The van der Waals surface area contributed by atoms with Gasteiger partial charge in [-0.3, -0.25) is 0 Å². The summed E-state index contributed by atoms with van der Waals surface area (Å²) in [5.41, 5.74) is 4.28. The third-order valence-electron chi connectivity index (χ3n) is 1.01. The van der Waals surface area contributed by atoms with Crippen molar-refractivity contribution in [1.29, 1.82) is 5.26 Å². The van der Waals surface area contributed by atoms with Crippen molar-refractivity contribution in [2.24, 2.45) is 5.92 Å². The van der Waals surface area contributed by atoms with Gasteiger partial charge >= 0.3 is 0 Å². The molecule has 4 nitrogen and oxygen atoms in total. The van der Waals surface area contributed by atoms with Gasteiger partial charge in [0.15, 0.2) is 0 Å². The lowest BCUT2D eigenvalue weighted by molar-refractivity contribution is -0.458. The Morgan fingerprint density at radius 2 is 1.88 bits per heavy atom. The summed E-state index contributed by atoms with van der Waals surface area (Å²) in [6, 6.07) is 1.80. The number of carboxylic acid groups (broad SMARTS) is 1. The lowest BCUT2D eigenvalue weighted by Crippen LogP contribution is -2.67. The maximum atomic E-state index is 10.0. The van der Waals surface area contributed by atoms with Gasteiger partial charge in [0, 0.05) is 18.0 Å². The molecular formula is C12H22N2O2. The molecule has 4 heteroatoms. The van der Waals surface area contributed by atoms with E-state index in [4.69, 9.17) is 5.26 Å². The van der Waals surface area contributed by atoms with E-state index in [9.17, 15) is 9.90 Å². The van der Waals surface area contributed by atoms with Crippen molar-refractivity contribution in [3.05, 3.63) is 11.6 Å². The summed E-state index contributed by atoms with van der Waals surface area (Å²) < 4.78 is 0. The number of nitrogens with zero attached hydrogens (tertiary/aromatic N) is 1. The van der Waals surface area contributed by atoms with Crippen LogP contribution in [0.15, 0.2) is 11.6 Å². The lowest BCUT2D eigenvalue weighted by Gasteiger charge is -2.01. The third kappa shape index (κ3) is 23.0. The molecule has 0 unspecified atom stereocenters. The van der Waals surface area contributed by atoms with Gasteiger partial charge in [-0.15, -0.1) is 0 Å². The average molecular weight is 226 g/mol. The van der Waals surface area contributed by atoms with Crippen molar-refractivity contribution in [3.63, 3.8) is 0 Å². The zero-order valence-electron chi connectivity index (χ0n) is 10.8. The number of carboxylic acids is 1. The molecule has 0 aromatic carbocycles.